The molecular weight excluding hydrogens is 501 g/mol. The maximum absolute atomic E-state index is 12.9. The van der Waals surface area contributed by atoms with Gasteiger partial charge in [-0.1, -0.05) is 52.7 Å². The number of thiazole rings is 1. The molecule has 3 aromatic carbocycles. The number of carbonyl (C=O) groups is 1. The first-order chi connectivity index (χ1) is 15.7. The summed E-state index contributed by atoms with van der Waals surface area (Å²) in [5.41, 5.74) is 1.54. The smallest absolute Gasteiger partial charge is 0.279 e. The second-order valence-corrected chi connectivity index (χ2v) is 10.8. The molecular formula is C23H19Cl2N3O3S2. The van der Waals surface area contributed by atoms with E-state index in [9.17, 15) is 13.2 Å². The lowest BCUT2D eigenvalue weighted by Gasteiger charge is -2.19. The molecule has 0 fully saturated rings. The summed E-state index contributed by atoms with van der Waals surface area (Å²) >= 11 is 13.9. The van der Waals surface area contributed by atoms with E-state index in [0.29, 0.717) is 27.1 Å². The minimum atomic E-state index is -3.77. The molecule has 1 amide bonds. The van der Waals surface area contributed by atoms with Crippen LogP contribution in [0.15, 0.2) is 76.6 Å². The molecule has 4 aromatic rings. The molecule has 0 radical (unpaired) electrons. The minimum Gasteiger partial charge on any atom is -0.315 e. The molecule has 0 bridgehead atoms. The Balaban J connectivity index is 1.68. The van der Waals surface area contributed by atoms with E-state index >= 15 is 0 Å². The third-order valence-corrected chi connectivity index (χ3v) is 8.76. The largest absolute Gasteiger partial charge is 0.315 e. The number of amides is 1. The van der Waals surface area contributed by atoms with Crippen molar-refractivity contribution in [3.8, 4) is 0 Å². The van der Waals surface area contributed by atoms with E-state index in [0.717, 1.165) is 10.2 Å². The summed E-state index contributed by atoms with van der Waals surface area (Å²) < 4.78 is 29.7. The molecule has 0 N–H and O–H groups in total. The fourth-order valence-corrected chi connectivity index (χ4v) is 6.25. The van der Waals surface area contributed by atoms with Gasteiger partial charge in [-0.3, -0.25) is 9.10 Å². The van der Waals surface area contributed by atoms with Crippen molar-refractivity contribution in [3.05, 3.63) is 87.1 Å². The number of aryl methyl sites for hydroxylation is 1. The average Bonchev–Trinajstić information content (AvgIpc) is 3.21. The van der Waals surface area contributed by atoms with E-state index in [-0.39, 0.29) is 10.5 Å². The molecule has 33 heavy (non-hydrogen) atoms. The Morgan fingerprint density at radius 2 is 1.64 bits per heavy atom. The van der Waals surface area contributed by atoms with E-state index < -0.39 is 15.9 Å². The van der Waals surface area contributed by atoms with Gasteiger partial charge in [0, 0.05) is 19.2 Å². The van der Waals surface area contributed by atoms with Crippen molar-refractivity contribution in [2.24, 2.45) is 4.99 Å². The van der Waals surface area contributed by atoms with Crippen LogP contribution in [-0.2, 0) is 16.6 Å². The predicted molar refractivity (Wildman–Crippen MR) is 134 cm³/mol. The van der Waals surface area contributed by atoms with Gasteiger partial charge in [0.25, 0.3) is 15.9 Å². The highest BCUT2D eigenvalue weighted by atomic mass is 35.5. The Bertz CT molecular complexity index is 1510. The Morgan fingerprint density at radius 3 is 2.27 bits per heavy atom. The number of rotatable bonds is 5. The van der Waals surface area contributed by atoms with Gasteiger partial charge in [-0.05, 0) is 55.5 Å². The Kier molecular flexibility index (Phi) is 6.63. The molecule has 6 nitrogen and oxygen atoms in total. The van der Waals surface area contributed by atoms with Gasteiger partial charge in [0.2, 0.25) is 0 Å². The number of hydrogen-bond donors (Lipinski definition) is 0. The summed E-state index contributed by atoms with van der Waals surface area (Å²) in [4.78, 5) is 17.6. The van der Waals surface area contributed by atoms with Gasteiger partial charge in [0.15, 0.2) is 4.80 Å². The molecule has 1 heterocycles. The third-order valence-electron chi connectivity index (χ3n) is 5.12. The van der Waals surface area contributed by atoms with Gasteiger partial charge in [-0.15, -0.1) is 0 Å². The van der Waals surface area contributed by atoms with Crippen molar-refractivity contribution >= 4 is 66.4 Å². The highest BCUT2D eigenvalue weighted by Gasteiger charge is 2.21. The van der Waals surface area contributed by atoms with Crippen molar-refractivity contribution in [2.45, 2.75) is 18.4 Å². The van der Waals surface area contributed by atoms with Crippen LogP contribution in [0.3, 0.4) is 0 Å². The Hall–Kier alpha value is -2.65. The monoisotopic (exact) mass is 519 g/mol. The highest BCUT2D eigenvalue weighted by molar-refractivity contribution is 7.92. The number of hydrogen-bond acceptors (Lipinski definition) is 4. The topological polar surface area (TPSA) is 71.7 Å². The predicted octanol–water partition coefficient (Wildman–Crippen LogP) is 5.60. The number of halogens is 2. The average molecular weight is 520 g/mol. The van der Waals surface area contributed by atoms with E-state index in [1.807, 2.05) is 17.6 Å². The lowest BCUT2D eigenvalue weighted by molar-refractivity contribution is 0.0997. The summed E-state index contributed by atoms with van der Waals surface area (Å²) in [7, 11) is -2.28. The van der Waals surface area contributed by atoms with Crippen LogP contribution < -0.4 is 9.11 Å². The molecule has 0 spiro atoms. The number of carbonyl (C=O) groups excluding carboxylic acids is 1. The maximum atomic E-state index is 12.9. The Labute approximate surface area is 205 Å². The number of anilines is 1. The van der Waals surface area contributed by atoms with Crippen molar-refractivity contribution in [2.75, 3.05) is 11.4 Å². The highest BCUT2D eigenvalue weighted by Crippen LogP contribution is 2.32. The molecule has 0 aliphatic rings. The van der Waals surface area contributed by atoms with Crippen molar-refractivity contribution < 1.29 is 13.2 Å². The molecule has 170 valence electrons. The number of fused-ring (bicyclic) bond motifs is 1. The number of aromatic nitrogens is 1. The summed E-state index contributed by atoms with van der Waals surface area (Å²) in [5, 5.41) is 1.06. The van der Waals surface area contributed by atoms with Gasteiger partial charge in [-0.2, -0.15) is 4.99 Å². The van der Waals surface area contributed by atoms with Crippen molar-refractivity contribution in [1.29, 1.82) is 0 Å². The molecule has 0 aliphatic heterocycles. The van der Waals surface area contributed by atoms with E-state index in [1.54, 1.807) is 36.4 Å². The van der Waals surface area contributed by atoms with E-state index in [4.69, 9.17) is 23.2 Å². The molecule has 0 unspecified atom stereocenters. The van der Waals surface area contributed by atoms with Crippen LogP contribution in [0.1, 0.15) is 17.3 Å². The molecule has 0 atom stereocenters. The van der Waals surface area contributed by atoms with Gasteiger partial charge in [0.1, 0.15) is 0 Å². The summed E-state index contributed by atoms with van der Waals surface area (Å²) in [6.07, 6.45) is 0. The van der Waals surface area contributed by atoms with Crippen LogP contribution in [0.5, 0.6) is 0 Å². The quantitative estimate of drug-likeness (QED) is 0.344. The number of benzene rings is 3. The van der Waals surface area contributed by atoms with Crippen LogP contribution in [0.25, 0.3) is 10.2 Å². The maximum Gasteiger partial charge on any atom is 0.279 e. The van der Waals surface area contributed by atoms with Gasteiger partial charge >= 0.3 is 0 Å². The molecule has 1 aromatic heterocycles. The molecule has 0 saturated heterocycles. The lowest BCUT2D eigenvalue weighted by atomic mass is 10.2. The fraction of sp³-hybridized carbons (Fsp3) is 0.130. The zero-order valence-corrected chi connectivity index (χ0v) is 20.8. The first kappa shape index (κ1) is 23.5. The third kappa shape index (κ3) is 4.44. The zero-order valence-electron chi connectivity index (χ0n) is 17.7. The molecule has 10 heteroatoms. The van der Waals surface area contributed by atoms with Crippen molar-refractivity contribution in [1.82, 2.24) is 4.57 Å². The normalized spacial score (nSPS) is 12.3. The summed E-state index contributed by atoms with van der Waals surface area (Å²) in [6.45, 7) is 2.48. The lowest BCUT2D eigenvalue weighted by Crippen LogP contribution is -2.26. The van der Waals surface area contributed by atoms with Crippen LogP contribution >= 0.6 is 34.5 Å². The number of para-hydroxylation sites is 1. The Morgan fingerprint density at radius 1 is 1.00 bits per heavy atom. The second-order valence-electron chi connectivity index (χ2n) is 7.09. The zero-order chi connectivity index (χ0) is 23.8. The number of nitrogens with zero attached hydrogens (tertiary/aromatic N) is 3. The van der Waals surface area contributed by atoms with Gasteiger partial charge < -0.3 is 4.57 Å². The first-order valence-corrected chi connectivity index (χ1v) is 13.0. The van der Waals surface area contributed by atoms with Crippen LogP contribution in [0.2, 0.25) is 10.0 Å². The van der Waals surface area contributed by atoms with Crippen LogP contribution in [-0.4, -0.2) is 25.9 Å². The molecule has 0 aliphatic carbocycles. The van der Waals surface area contributed by atoms with Gasteiger partial charge in [0.05, 0.1) is 30.8 Å². The second kappa shape index (κ2) is 9.30. The van der Waals surface area contributed by atoms with E-state index in [1.165, 1.54) is 47.0 Å². The minimum absolute atomic E-state index is 0.0782. The van der Waals surface area contributed by atoms with Gasteiger partial charge in [-0.25, -0.2) is 8.42 Å². The van der Waals surface area contributed by atoms with E-state index in [2.05, 4.69) is 4.99 Å². The fourth-order valence-electron chi connectivity index (χ4n) is 3.35. The van der Waals surface area contributed by atoms with Crippen LogP contribution in [0.4, 0.5) is 5.69 Å². The first-order valence-electron chi connectivity index (χ1n) is 9.94. The molecule has 0 saturated carbocycles. The number of sulfonamides is 1. The standard InChI is InChI=1S/C23H19Cl2N3O3S2/c1-3-28-20-18(24)13-14-19(25)21(20)32-23(28)26-22(29)15-9-11-17(12-10-15)33(30,31)27(2)16-7-5-4-6-8-16/h4-14H,3H2,1-2H3. The SMILES string of the molecule is CCn1c(=NC(=O)c2ccc(S(=O)(=O)N(C)c3ccccc3)cc2)sc2c(Cl)ccc(Cl)c21. The summed E-state index contributed by atoms with van der Waals surface area (Å²) in [5.74, 6) is -0.489. The van der Waals surface area contributed by atoms with Crippen molar-refractivity contribution in [3.63, 3.8) is 0 Å². The molecule has 4 rings (SSSR count). The van der Waals surface area contributed by atoms with Crippen LogP contribution in [0, 0.1) is 0 Å². The summed E-state index contributed by atoms with van der Waals surface area (Å²) in [6, 6.07) is 17.9.